The Morgan fingerprint density at radius 1 is 0.826 bits per heavy atom. The zero-order chi connectivity index (χ0) is 17.2. The number of hydrogen-bond acceptors (Lipinski definition) is 2. The van der Waals surface area contributed by atoms with Crippen molar-refractivity contribution in [3.63, 3.8) is 0 Å². The van der Waals surface area contributed by atoms with Crippen LogP contribution in [-0.4, -0.2) is 12.1 Å². The van der Waals surface area contributed by atoms with Crippen molar-refractivity contribution in [2.75, 3.05) is 0 Å². The molecule has 0 amide bonds. The number of fused-ring (bicyclic) bond motifs is 5. The van der Waals surface area contributed by atoms with Gasteiger partial charge in [-0.05, 0) is 67.1 Å². The first-order chi connectivity index (χ1) is 10.5. The Kier molecular flexibility index (Phi) is 3.93. The van der Waals surface area contributed by atoms with E-state index in [9.17, 15) is 4.79 Å². The molecule has 0 saturated heterocycles. The van der Waals surface area contributed by atoms with Crippen LogP contribution in [0.1, 0.15) is 80.6 Å². The van der Waals surface area contributed by atoms with Crippen LogP contribution in [0.5, 0.6) is 0 Å². The first-order valence-electron chi connectivity index (χ1n) is 9.68. The molecule has 132 valence electrons. The molecule has 0 aromatic carbocycles. The monoisotopic (exact) mass is 320 g/mol. The van der Waals surface area contributed by atoms with Crippen molar-refractivity contribution in [3.8, 4) is 0 Å². The second-order valence-electron chi connectivity index (χ2n) is 10.7. The van der Waals surface area contributed by atoms with E-state index in [4.69, 9.17) is 4.74 Å². The fraction of sp³-hybridized carbons (Fsp3) is 0.952. The first-order valence-corrected chi connectivity index (χ1v) is 9.68. The minimum absolute atomic E-state index is 0.0320. The minimum Gasteiger partial charge on any atom is -0.462 e. The van der Waals surface area contributed by atoms with Crippen LogP contribution in [0.25, 0.3) is 0 Å². The number of carbonyl (C=O) groups excluding carboxylic acids is 1. The van der Waals surface area contributed by atoms with E-state index in [1.165, 1.54) is 25.7 Å². The maximum Gasteiger partial charge on any atom is 0.313 e. The molecule has 2 nitrogen and oxygen atoms in total. The highest BCUT2D eigenvalue weighted by Crippen LogP contribution is 2.60. The summed E-state index contributed by atoms with van der Waals surface area (Å²) in [6.45, 7) is 15.2. The van der Waals surface area contributed by atoms with Crippen molar-refractivity contribution in [3.05, 3.63) is 0 Å². The molecule has 3 fully saturated rings. The van der Waals surface area contributed by atoms with Gasteiger partial charge in [0.15, 0.2) is 0 Å². The van der Waals surface area contributed by atoms with Gasteiger partial charge in [-0.1, -0.05) is 48.0 Å². The van der Waals surface area contributed by atoms with Crippen LogP contribution in [0.15, 0.2) is 0 Å². The fourth-order valence-electron chi connectivity index (χ4n) is 6.13. The molecule has 3 saturated carbocycles. The van der Waals surface area contributed by atoms with Crippen molar-refractivity contribution in [2.45, 2.75) is 86.7 Å². The van der Waals surface area contributed by atoms with Gasteiger partial charge in [0.1, 0.15) is 6.10 Å². The van der Waals surface area contributed by atoms with Crippen molar-refractivity contribution in [2.24, 2.45) is 39.9 Å². The van der Waals surface area contributed by atoms with Gasteiger partial charge in [-0.3, -0.25) is 4.79 Å². The minimum atomic E-state index is -0.475. The fourth-order valence-corrected chi connectivity index (χ4v) is 6.13. The van der Waals surface area contributed by atoms with Gasteiger partial charge in [0.25, 0.3) is 0 Å². The van der Waals surface area contributed by atoms with Gasteiger partial charge in [-0.15, -0.1) is 0 Å². The normalized spacial score (nSPS) is 37.1. The third kappa shape index (κ3) is 2.46. The molecule has 0 heterocycles. The summed E-state index contributed by atoms with van der Waals surface area (Å²) in [6, 6.07) is 0. The summed E-state index contributed by atoms with van der Waals surface area (Å²) in [6.07, 6.45) is 6.82. The SMILES string of the molecule is CC(C)(C)C(C)(C(=O)OC1CC2CC1C1CCCC21)C(C)(C)C. The zero-order valence-corrected chi connectivity index (χ0v) is 16.2. The van der Waals surface area contributed by atoms with E-state index >= 15 is 0 Å². The predicted molar refractivity (Wildman–Crippen MR) is 93.9 cm³/mol. The lowest BCUT2D eigenvalue weighted by molar-refractivity contribution is -0.182. The number of hydrogen-bond donors (Lipinski definition) is 0. The Bertz CT molecular complexity index is 465. The summed E-state index contributed by atoms with van der Waals surface area (Å²) in [5.74, 6) is 3.32. The Balaban J connectivity index is 1.76. The van der Waals surface area contributed by atoms with E-state index in [1.807, 2.05) is 0 Å². The van der Waals surface area contributed by atoms with Gasteiger partial charge in [-0.2, -0.15) is 0 Å². The lowest BCUT2D eigenvalue weighted by Gasteiger charge is -2.49. The highest BCUT2D eigenvalue weighted by Gasteiger charge is 2.58. The maximum absolute atomic E-state index is 13.3. The van der Waals surface area contributed by atoms with Crippen LogP contribution in [0, 0.1) is 39.9 Å². The molecule has 5 atom stereocenters. The Labute approximate surface area is 142 Å². The Morgan fingerprint density at radius 3 is 1.96 bits per heavy atom. The molecular formula is C21H36O2. The van der Waals surface area contributed by atoms with Crippen molar-refractivity contribution >= 4 is 5.97 Å². The molecule has 0 aromatic heterocycles. The maximum atomic E-state index is 13.3. The van der Waals surface area contributed by atoms with E-state index < -0.39 is 5.41 Å². The van der Waals surface area contributed by atoms with Gasteiger partial charge in [0.2, 0.25) is 0 Å². The predicted octanol–water partition coefficient (Wildman–Crippen LogP) is 5.45. The molecule has 0 spiro atoms. The van der Waals surface area contributed by atoms with Crippen LogP contribution < -0.4 is 0 Å². The first kappa shape index (κ1) is 17.3. The summed E-state index contributed by atoms with van der Waals surface area (Å²) < 4.78 is 6.23. The summed E-state index contributed by atoms with van der Waals surface area (Å²) >= 11 is 0. The van der Waals surface area contributed by atoms with Crippen LogP contribution >= 0.6 is 0 Å². The number of carbonyl (C=O) groups is 1. The molecule has 23 heavy (non-hydrogen) atoms. The summed E-state index contributed by atoms with van der Waals surface area (Å²) in [4.78, 5) is 13.3. The number of ether oxygens (including phenoxy) is 1. The smallest absolute Gasteiger partial charge is 0.313 e. The standard InChI is InChI=1S/C21H36O2/c1-19(2,3)21(7,20(4,5)6)18(22)23-17-12-13-11-16(17)15-10-8-9-14(13)15/h13-17H,8-12H2,1-7H3. The third-order valence-electron chi connectivity index (χ3n) is 8.03. The molecule has 0 N–H and O–H groups in total. The lowest BCUT2D eigenvalue weighted by Crippen LogP contribution is -2.52. The third-order valence-corrected chi connectivity index (χ3v) is 8.03. The molecule has 2 bridgehead atoms. The molecule has 2 heteroatoms. The molecule has 3 rings (SSSR count). The van der Waals surface area contributed by atoms with E-state index in [-0.39, 0.29) is 22.9 Å². The molecule has 0 radical (unpaired) electrons. The van der Waals surface area contributed by atoms with Gasteiger partial charge < -0.3 is 4.74 Å². The summed E-state index contributed by atoms with van der Waals surface area (Å²) in [5, 5.41) is 0. The van der Waals surface area contributed by atoms with E-state index in [1.54, 1.807) is 0 Å². The summed E-state index contributed by atoms with van der Waals surface area (Å²) in [5.41, 5.74) is -0.706. The average Bonchev–Trinajstić information content (AvgIpc) is 3.06. The highest BCUT2D eigenvalue weighted by atomic mass is 16.5. The topological polar surface area (TPSA) is 26.3 Å². The van der Waals surface area contributed by atoms with Crippen molar-refractivity contribution in [1.82, 2.24) is 0 Å². The van der Waals surface area contributed by atoms with Gasteiger partial charge in [0.05, 0.1) is 5.41 Å². The molecule has 0 aromatic rings. The molecule has 3 aliphatic rings. The van der Waals surface area contributed by atoms with E-state index in [2.05, 4.69) is 48.5 Å². The van der Waals surface area contributed by atoms with Crippen LogP contribution in [0.3, 0.4) is 0 Å². The number of esters is 1. The zero-order valence-electron chi connectivity index (χ0n) is 16.2. The molecule has 0 aliphatic heterocycles. The van der Waals surface area contributed by atoms with Crippen LogP contribution in [0.2, 0.25) is 0 Å². The quantitative estimate of drug-likeness (QED) is 0.632. The Morgan fingerprint density at radius 2 is 1.39 bits per heavy atom. The van der Waals surface area contributed by atoms with Crippen LogP contribution in [-0.2, 0) is 9.53 Å². The van der Waals surface area contributed by atoms with Crippen molar-refractivity contribution in [1.29, 1.82) is 0 Å². The van der Waals surface area contributed by atoms with Gasteiger partial charge in [0, 0.05) is 0 Å². The van der Waals surface area contributed by atoms with E-state index in [0.717, 1.165) is 24.2 Å². The summed E-state index contributed by atoms with van der Waals surface area (Å²) in [7, 11) is 0. The molecular weight excluding hydrogens is 284 g/mol. The largest absolute Gasteiger partial charge is 0.462 e. The highest BCUT2D eigenvalue weighted by molar-refractivity contribution is 5.78. The average molecular weight is 321 g/mol. The second-order valence-corrected chi connectivity index (χ2v) is 10.7. The molecule has 5 unspecified atom stereocenters. The second kappa shape index (κ2) is 5.23. The Hall–Kier alpha value is -0.530. The molecule has 3 aliphatic carbocycles. The van der Waals surface area contributed by atoms with E-state index in [0.29, 0.717) is 5.92 Å². The van der Waals surface area contributed by atoms with Crippen molar-refractivity contribution < 1.29 is 9.53 Å². The van der Waals surface area contributed by atoms with Crippen LogP contribution in [0.4, 0.5) is 0 Å². The van der Waals surface area contributed by atoms with Gasteiger partial charge in [-0.25, -0.2) is 0 Å². The number of rotatable bonds is 2. The lowest BCUT2D eigenvalue weighted by atomic mass is 9.55. The van der Waals surface area contributed by atoms with Gasteiger partial charge >= 0.3 is 5.97 Å².